The second kappa shape index (κ2) is 13.8. The van der Waals surface area contributed by atoms with E-state index in [-0.39, 0.29) is 13.0 Å². The Balaban J connectivity index is 0. The molecule has 0 fully saturated rings. The molecule has 0 aliphatic heterocycles. The summed E-state index contributed by atoms with van der Waals surface area (Å²) in [6.45, 7) is -3.13. The zero-order valence-corrected chi connectivity index (χ0v) is 14.2. The number of aliphatic hydroxyl groups is 7. The number of aliphatic carboxylic acids is 1. The number of carboxylic acid groups (broad SMARTS) is 1. The van der Waals surface area contributed by atoms with E-state index in [4.69, 9.17) is 45.6 Å². The molecule has 0 amide bonds. The number of rotatable bonds is 12. The smallest absolute Gasteiger partial charge is 0.306 e. The van der Waals surface area contributed by atoms with Crippen LogP contribution >= 0.6 is 12.6 Å². The maximum absolute atomic E-state index is 10.3. The molecule has 0 bridgehead atoms. The van der Waals surface area contributed by atoms with Gasteiger partial charge < -0.3 is 45.6 Å². The number of thiol groups is 1. The molecule has 11 heteroatoms. The van der Waals surface area contributed by atoms with Crippen LogP contribution in [0, 0.1) is 10.8 Å². The minimum Gasteiger partial charge on any atom is -0.481 e. The van der Waals surface area contributed by atoms with Crippen LogP contribution in [-0.2, 0) is 9.53 Å². The lowest BCUT2D eigenvalue weighted by atomic mass is 9.93. The van der Waals surface area contributed by atoms with Gasteiger partial charge in [0, 0.05) is 0 Å². The van der Waals surface area contributed by atoms with Crippen LogP contribution in [0.3, 0.4) is 0 Å². The van der Waals surface area contributed by atoms with E-state index in [0.29, 0.717) is 0 Å². The zero-order valence-electron chi connectivity index (χ0n) is 13.3. The van der Waals surface area contributed by atoms with Crippen LogP contribution < -0.4 is 0 Å². The van der Waals surface area contributed by atoms with Gasteiger partial charge in [0.1, 0.15) is 5.44 Å². The van der Waals surface area contributed by atoms with Crippen molar-refractivity contribution < 1.29 is 50.4 Å². The summed E-state index contributed by atoms with van der Waals surface area (Å²) in [6, 6.07) is 0. The lowest BCUT2D eigenvalue weighted by molar-refractivity contribution is -0.139. The van der Waals surface area contributed by atoms with E-state index in [0.717, 1.165) is 0 Å². The summed E-state index contributed by atoms with van der Waals surface area (Å²) < 4.78 is 4.99. The monoisotopic (exact) mass is 376 g/mol. The molecule has 0 aromatic rings. The van der Waals surface area contributed by atoms with Gasteiger partial charge in [-0.3, -0.25) is 4.79 Å². The Morgan fingerprint density at radius 3 is 1.33 bits per heavy atom. The predicted molar refractivity (Wildman–Crippen MR) is 85.4 cm³/mol. The van der Waals surface area contributed by atoms with Gasteiger partial charge in [0.15, 0.2) is 0 Å². The van der Waals surface area contributed by atoms with Crippen molar-refractivity contribution in [3.8, 4) is 0 Å². The Kier molecular flexibility index (Phi) is 14.7. The molecule has 0 aliphatic rings. The average Bonchev–Trinajstić information content (AvgIpc) is 2.59. The number of hydrogen-bond acceptors (Lipinski definition) is 10. The highest BCUT2D eigenvalue weighted by atomic mass is 32.1. The van der Waals surface area contributed by atoms with Crippen molar-refractivity contribution in [3.05, 3.63) is 0 Å². The minimum absolute atomic E-state index is 0.155. The third-order valence-corrected chi connectivity index (χ3v) is 3.61. The number of aliphatic hydroxyl groups excluding tert-OH is 7. The van der Waals surface area contributed by atoms with E-state index < -0.39 is 68.5 Å². The topological polar surface area (TPSA) is 188 Å². The highest BCUT2D eigenvalue weighted by Gasteiger charge is 2.29. The fourth-order valence-corrected chi connectivity index (χ4v) is 1.30. The number of ether oxygens (including phenoxy) is 1. The van der Waals surface area contributed by atoms with E-state index in [1.54, 1.807) is 0 Å². The molecule has 0 aliphatic carbocycles. The van der Waals surface area contributed by atoms with E-state index in [1.807, 2.05) is 0 Å². The van der Waals surface area contributed by atoms with Crippen molar-refractivity contribution in [1.29, 1.82) is 0 Å². The second-order valence-corrected chi connectivity index (χ2v) is 6.05. The van der Waals surface area contributed by atoms with Crippen LogP contribution in [0.1, 0.15) is 6.42 Å². The first kappa shape index (κ1) is 25.7. The van der Waals surface area contributed by atoms with Crippen molar-refractivity contribution in [2.45, 2.75) is 11.9 Å². The van der Waals surface area contributed by atoms with Crippen molar-refractivity contribution >= 4 is 18.6 Å². The molecule has 24 heavy (non-hydrogen) atoms. The first-order valence-corrected chi connectivity index (χ1v) is 7.53. The lowest BCUT2D eigenvalue weighted by Crippen LogP contribution is -2.39. The van der Waals surface area contributed by atoms with Crippen LogP contribution in [0.5, 0.6) is 0 Å². The van der Waals surface area contributed by atoms with Crippen molar-refractivity contribution in [3.63, 3.8) is 0 Å². The number of carboxylic acids is 1. The predicted octanol–water partition coefficient (Wildman–Crippen LogP) is -3.36. The fourth-order valence-electron chi connectivity index (χ4n) is 1.07. The molecule has 0 rings (SSSR count). The van der Waals surface area contributed by atoms with E-state index in [2.05, 4.69) is 12.6 Å². The first-order chi connectivity index (χ1) is 11.2. The highest BCUT2D eigenvalue weighted by molar-refractivity contribution is 7.80. The highest BCUT2D eigenvalue weighted by Crippen LogP contribution is 2.17. The molecular weight excluding hydrogens is 348 g/mol. The molecular formula is C13H28O10S. The Hall–Kier alpha value is -0.500. The molecule has 0 saturated heterocycles. The first-order valence-electron chi connectivity index (χ1n) is 7.01. The Labute approximate surface area is 145 Å². The summed E-state index contributed by atoms with van der Waals surface area (Å²) in [5.41, 5.74) is -3.09. The van der Waals surface area contributed by atoms with Crippen LogP contribution in [0.25, 0.3) is 0 Å². The molecule has 0 radical (unpaired) electrons. The largest absolute Gasteiger partial charge is 0.481 e. The van der Waals surface area contributed by atoms with E-state index in [1.165, 1.54) is 0 Å². The molecule has 0 spiro atoms. The maximum Gasteiger partial charge on any atom is 0.306 e. The van der Waals surface area contributed by atoms with Gasteiger partial charge >= 0.3 is 5.97 Å². The molecule has 146 valence electrons. The van der Waals surface area contributed by atoms with Crippen molar-refractivity contribution in [2.75, 3.05) is 52.9 Å². The fraction of sp³-hybridized carbons (Fsp3) is 0.923. The molecule has 0 heterocycles. The Morgan fingerprint density at radius 2 is 1.12 bits per heavy atom. The lowest BCUT2D eigenvalue weighted by Gasteiger charge is -2.28. The van der Waals surface area contributed by atoms with Gasteiger partial charge in [-0.15, -0.1) is 12.6 Å². The Bertz CT molecular complexity index is 294. The molecule has 8 N–H and O–H groups in total. The summed E-state index contributed by atoms with van der Waals surface area (Å²) in [5.74, 6) is -1.06. The van der Waals surface area contributed by atoms with Gasteiger partial charge in [0.2, 0.25) is 0 Å². The molecule has 1 atom stereocenters. The third kappa shape index (κ3) is 9.71. The van der Waals surface area contributed by atoms with Crippen LogP contribution in [-0.4, -0.2) is 105 Å². The second-order valence-electron chi connectivity index (χ2n) is 5.47. The van der Waals surface area contributed by atoms with Crippen LogP contribution in [0.15, 0.2) is 0 Å². The van der Waals surface area contributed by atoms with Gasteiger partial charge in [-0.05, 0) is 0 Å². The zero-order chi connectivity index (χ0) is 19.2. The van der Waals surface area contributed by atoms with Crippen molar-refractivity contribution in [2.24, 2.45) is 10.8 Å². The number of hydrogen-bond donors (Lipinski definition) is 9. The van der Waals surface area contributed by atoms with Crippen LogP contribution in [0.2, 0.25) is 0 Å². The van der Waals surface area contributed by atoms with Gasteiger partial charge in [-0.25, -0.2) is 0 Å². The van der Waals surface area contributed by atoms with Crippen molar-refractivity contribution in [1.82, 2.24) is 0 Å². The Morgan fingerprint density at radius 1 is 0.792 bits per heavy atom. The number of carbonyl (C=O) groups is 1. The molecule has 1 unspecified atom stereocenters. The maximum atomic E-state index is 10.3. The normalized spacial score (nSPS) is 13.2. The van der Waals surface area contributed by atoms with Crippen LogP contribution in [0.4, 0.5) is 0 Å². The quantitative estimate of drug-likeness (QED) is 0.123. The summed E-state index contributed by atoms with van der Waals surface area (Å²) in [6.07, 6.45) is -0.290. The summed E-state index contributed by atoms with van der Waals surface area (Å²) in [4.78, 5) is 10.3. The molecule has 0 saturated carbocycles. The van der Waals surface area contributed by atoms with E-state index in [9.17, 15) is 4.79 Å². The molecule has 10 nitrogen and oxygen atoms in total. The standard InChI is InChI=1S/C8H16O6S.C5H12O4/c9-2-8(3-10,4-11)5-14-7(15)1-6(12)13;6-1-5(2-7,3-8)4-9/h7,9-11,15H,1-5H2,(H,12,13);6-9H,1-4H2. The average molecular weight is 376 g/mol. The summed E-state index contributed by atoms with van der Waals surface area (Å²) >= 11 is 3.85. The van der Waals surface area contributed by atoms with Gasteiger partial charge in [-0.2, -0.15) is 0 Å². The van der Waals surface area contributed by atoms with Gasteiger partial charge in [0.05, 0.1) is 70.1 Å². The van der Waals surface area contributed by atoms with Gasteiger partial charge in [-0.1, -0.05) is 0 Å². The summed E-state index contributed by atoms with van der Waals surface area (Å²) in [7, 11) is 0. The van der Waals surface area contributed by atoms with Gasteiger partial charge in [0.25, 0.3) is 0 Å². The minimum atomic E-state index is -1.15. The van der Waals surface area contributed by atoms with E-state index >= 15 is 0 Å². The third-order valence-electron chi connectivity index (χ3n) is 3.28. The summed E-state index contributed by atoms with van der Waals surface area (Å²) in [5, 5.41) is 69.2. The SMILES string of the molecule is O=C(O)CC(S)OCC(CO)(CO)CO.OCC(CO)(CO)CO. The molecule has 0 aromatic heterocycles. The molecule has 0 aromatic carbocycles.